The maximum Gasteiger partial charge on any atom is 0.248 e. The van der Waals surface area contributed by atoms with E-state index in [1.54, 1.807) is 42.1 Å². The third-order valence-corrected chi connectivity index (χ3v) is 5.49. The molecule has 1 aromatic heterocycles. The Morgan fingerprint density at radius 1 is 1.26 bits per heavy atom. The van der Waals surface area contributed by atoms with Crippen LogP contribution >= 0.6 is 0 Å². The minimum Gasteiger partial charge on any atom is -0.480 e. The summed E-state index contributed by atoms with van der Waals surface area (Å²) in [5, 5.41) is 4.36. The van der Waals surface area contributed by atoms with Crippen molar-refractivity contribution < 1.29 is 18.7 Å². The molecule has 4 rings (SSSR count). The standard InChI is InChI=1S/C23H25FN4O3/c1-27-14-18(23(26-27)30-2)20-4-3-11-28(20)13-15-5-10-21(19(24)12-15)31-17-8-6-16(7-9-17)22(25)29/h5-10,12,14,20H,3-4,11,13H2,1-2H3,(H2,25,29). The van der Waals surface area contributed by atoms with Crippen LogP contribution in [0, 0.1) is 5.82 Å². The molecule has 0 radical (unpaired) electrons. The van der Waals surface area contributed by atoms with Gasteiger partial charge in [0.25, 0.3) is 0 Å². The molecule has 0 saturated carbocycles. The van der Waals surface area contributed by atoms with Crippen LogP contribution in [0.4, 0.5) is 4.39 Å². The number of hydrogen-bond acceptors (Lipinski definition) is 5. The van der Waals surface area contributed by atoms with E-state index in [4.69, 9.17) is 15.2 Å². The highest BCUT2D eigenvalue weighted by molar-refractivity contribution is 5.92. The van der Waals surface area contributed by atoms with Gasteiger partial charge in [0.1, 0.15) is 5.75 Å². The molecule has 1 unspecified atom stereocenters. The molecule has 162 valence electrons. The Morgan fingerprint density at radius 2 is 2.03 bits per heavy atom. The molecule has 1 aliphatic heterocycles. The molecule has 7 nitrogen and oxygen atoms in total. The fraction of sp³-hybridized carbons (Fsp3) is 0.304. The average Bonchev–Trinajstić information content (AvgIpc) is 3.36. The van der Waals surface area contributed by atoms with Crippen LogP contribution in [0.5, 0.6) is 17.4 Å². The lowest BCUT2D eigenvalue weighted by Gasteiger charge is -2.24. The summed E-state index contributed by atoms with van der Waals surface area (Å²) in [6, 6.07) is 11.4. The number of nitrogens with two attached hydrogens (primary N) is 1. The van der Waals surface area contributed by atoms with Crippen LogP contribution < -0.4 is 15.2 Å². The normalized spacial score (nSPS) is 16.4. The highest BCUT2D eigenvalue weighted by atomic mass is 19.1. The number of nitrogens with zero attached hydrogens (tertiary/aromatic N) is 3. The Balaban J connectivity index is 1.47. The summed E-state index contributed by atoms with van der Waals surface area (Å²) in [6.45, 7) is 1.54. The van der Waals surface area contributed by atoms with Gasteiger partial charge in [-0.3, -0.25) is 14.4 Å². The van der Waals surface area contributed by atoms with Crippen LogP contribution in [-0.2, 0) is 13.6 Å². The van der Waals surface area contributed by atoms with Crippen molar-refractivity contribution in [2.45, 2.75) is 25.4 Å². The number of benzene rings is 2. The first-order chi connectivity index (χ1) is 14.9. The van der Waals surface area contributed by atoms with Crippen LogP contribution in [0.2, 0.25) is 0 Å². The van der Waals surface area contributed by atoms with E-state index < -0.39 is 11.7 Å². The summed E-state index contributed by atoms with van der Waals surface area (Å²) in [7, 11) is 3.50. The molecule has 0 bridgehead atoms. The summed E-state index contributed by atoms with van der Waals surface area (Å²) in [5.74, 6) is 0.233. The number of hydrogen-bond donors (Lipinski definition) is 1. The van der Waals surface area contributed by atoms with Gasteiger partial charge in [0, 0.05) is 31.4 Å². The molecular weight excluding hydrogens is 399 g/mol. The largest absolute Gasteiger partial charge is 0.480 e. The number of rotatable bonds is 7. The summed E-state index contributed by atoms with van der Waals surface area (Å²) < 4.78 is 27.5. The number of primary amides is 1. The summed E-state index contributed by atoms with van der Waals surface area (Å²) in [5.41, 5.74) is 7.52. The van der Waals surface area contributed by atoms with E-state index in [9.17, 15) is 9.18 Å². The Labute approximate surface area is 180 Å². The summed E-state index contributed by atoms with van der Waals surface area (Å²) >= 11 is 0. The number of amides is 1. The lowest BCUT2D eigenvalue weighted by atomic mass is 10.1. The van der Waals surface area contributed by atoms with Gasteiger partial charge in [-0.05, 0) is 61.3 Å². The number of carbonyl (C=O) groups excluding carboxylic acids is 1. The van der Waals surface area contributed by atoms with E-state index in [2.05, 4.69) is 10.00 Å². The van der Waals surface area contributed by atoms with E-state index in [0.29, 0.717) is 23.7 Å². The topological polar surface area (TPSA) is 82.6 Å². The molecule has 1 saturated heterocycles. The van der Waals surface area contributed by atoms with E-state index in [1.165, 1.54) is 6.07 Å². The van der Waals surface area contributed by atoms with E-state index >= 15 is 0 Å². The Morgan fingerprint density at radius 3 is 2.71 bits per heavy atom. The van der Waals surface area contributed by atoms with Gasteiger partial charge in [0.15, 0.2) is 11.6 Å². The van der Waals surface area contributed by atoms with Gasteiger partial charge in [-0.25, -0.2) is 4.39 Å². The molecule has 2 heterocycles. The average molecular weight is 424 g/mol. The number of likely N-dealkylation sites (tertiary alicyclic amines) is 1. The van der Waals surface area contributed by atoms with Crippen molar-refractivity contribution in [3.63, 3.8) is 0 Å². The zero-order valence-electron chi connectivity index (χ0n) is 17.5. The van der Waals surface area contributed by atoms with Gasteiger partial charge in [0.05, 0.1) is 12.7 Å². The Hall–Kier alpha value is -3.39. The third-order valence-electron chi connectivity index (χ3n) is 5.49. The van der Waals surface area contributed by atoms with Crippen molar-refractivity contribution in [3.05, 3.63) is 71.2 Å². The summed E-state index contributed by atoms with van der Waals surface area (Å²) in [6.07, 6.45) is 4.06. The SMILES string of the molecule is COc1nn(C)cc1C1CCCN1Cc1ccc(Oc2ccc(C(N)=O)cc2)c(F)c1. The second-order valence-electron chi connectivity index (χ2n) is 7.65. The molecule has 2 aromatic carbocycles. The number of methoxy groups -OCH3 is 1. The maximum atomic E-state index is 14.7. The quantitative estimate of drug-likeness (QED) is 0.624. The van der Waals surface area contributed by atoms with Crippen LogP contribution in [-0.4, -0.2) is 34.2 Å². The van der Waals surface area contributed by atoms with Crippen molar-refractivity contribution in [1.29, 1.82) is 0 Å². The second-order valence-corrected chi connectivity index (χ2v) is 7.65. The molecular formula is C23H25FN4O3. The molecule has 1 amide bonds. The van der Waals surface area contributed by atoms with Gasteiger partial charge in [-0.15, -0.1) is 5.10 Å². The lowest BCUT2D eigenvalue weighted by molar-refractivity contribution is 0.100. The highest BCUT2D eigenvalue weighted by Crippen LogP contribution is 2.37. The molecule has 1 aliphatic rings. The van der Waals surface area contributed by atoms with E-state index in [0.717, 1.165) is 30.5 Å². The lowest BCUT2D eigenvalue weighted by Crippen LogP contribution is -2.23. The van der Waals surface area contributed by atoms with Crippen molar-refractivity contribution in [3.8, 4) is 17.4 Å². The van der Waals surface area contributed by atoms with Crippen molar-refractivity contribution in [2.24, 2.45) is 12.8 Å². The third kappa shape index (κ3) is 4.54. The van der Waals surface area contributed by atoms with Crippen LogP contribution in [0.3, 0.4) is 0 Å². The van der Waals surface area contributed by atoms with Gasteiger partial charge >= 0.3 is 0 Å². The molecule has 8 heteroatoms. The van der Waals surface area contributed by atoms with E-state index in [1.807, 2.05) is 19.3 Å². The van der Waals surface area contributed by atoms with Crippen LogP contribution in [0.25, 0.3) is 0 Å². The first kappa shape index (κ1) is 20.9. The minimum atomic E-state index is -0.522. The fourth-order valence-corrected chi connectivity index (χ4v) is 4.02. The number of halogens is 1. The fourth-order valence-electron chi connectivity index (χ4n) is 4.02. The van der Waals surface area contributed by atoms with Crippen LogP contribution in [0.15, 0.2) is 48.7 Å². The number of aryl methyl sites for hydroxylation is 1. The first-order valence-electron chi connectivity index (χ1n) is 10.1. The zero-order chi connectivity index (χ0) is 22.0. The predicted molar refractivity (Wildman–Crippen MR) is 114 cm³/mol. The molecule has 2 N–H and O–H groups in total. The molecule has 1 fully saturated rings. The molecule has 3 aromatic rings. The van der Waals surface area contributed by atoms with Crippen molar-refractivity contribution in [1.82, 2.24) is 14.7 Å². The van der Waals surface area contributed by atoms with Crippen molar-refractivity contribution in [2.75, 3.05) is 13.7 Å². The van der Waals surface area contributed by atoms with Crippen molar-refractivity contribution >= 4 is 5.91 Å². The predicted octanol–water partition coefficient (Wildman–Crippen LogP) is 3.80. The number of carbonyl (C=O) groups is 1. The molecule has 31 heavy (non-hydrogen) atoms. The molecule has 0 aliphatic carbocycles. The highest BCUT2D eigenvalue weighted by Gasteiger charge is 2.30. The second kappa shape index (κ2) is 8.77. The number of aromatic nitrogens is 2. The van der Waals surface area contributed by atoms with Crippen LogP contribution in [0.1, 0.15) is 40.4 Å². The van der Waals surface area contributed by atoms with Gasteiger partial charge in [-0.1, -0.05) is 6.07 Å². The monoisotopic (exact) mass is 424 g/mol. The molecule has 1 atom stereocenters. The van der Waals surface area contributed by atoms with Gasteiger partial charge in [-0.2, -0.15) is 0 Å². The Bertz CT molecular complexity index is 1080. The van der Waals surface area contributed by atoms with Gasteiger partial charge in [0.2, 0.25) is 11.8 Å². The Kier molecular flexibility index (Phi) is 5.90. The zero-order valence-corrected chi connectivity index (χ0v) is 17.5. The molecule has 0 spiro atoms. The first-order valence-corrected chi connectivity index (χ1v) is 10.1. The number of ether oxygens (including phenoxy) is 2. The minimum absolute atomic E-state index is 0.127. The smallest absolute Gasteiger partial charge is 0.248 e. The van der Waals surface area contributed by atoms with E-state index in [-0.39, 0.29) is 11.8 Å². The maximum absolute atomic E-state index is 14.7. The summed E-state index contributed by atoms with van der Waals surface area (Å²) in [4.78, 5) is 13.5. The van der Waals surface area contributed by atoms with Gasteiger partial charge < -0.3 is 15.2 Å².